The van der Waals surface area contributed by atoms with Gasteiger partial charge in [0.05, 0.1) is 0 Å². The quantitative estimate of drug-likeness (QED) is 0.686. The van der Waals surface area contributed by atoms with E-state index in [9.17, 15) is 0 Å². The van der Waals surface area contributed by atoms with Crippen molar-refractivity contribution in [1.82, 2.24) is 0 Å². The predicted octanol–water partition coefficient (Wildman–Crippen LogP) is 2.52. The van der Waals surface area contributed by atoms with Crippen molar-refractivity contribution < 1.29 is 9.90 Å². The molecule has 0 saturated heterocycles. The molecule has 56 valence electrons. The molecule has 1 heterocycles. The van der Waals surface area contributed by atoms with Crippen molar-refractivity contribution in [2.24, 2.45) is 0 Å². The maximum absolute atomic E-state index is 8.36. The summed E-state index contributed by atoms with van der Waals surface area (Å²) >= 11 is 5.10. The summed E-state index contributed by atoms with van der Waals surface area (Å²) in [7, 11) is 0. The molecule has 0 aromatic carbocycles. The second-order valence-electron chi connectivity index (χ2n) is 1.48. The number of halogens is 1. The fourth-order valence-corrected chi connectivity index (χ4v) is 1.75. The van der Waals surface area contributed by atoms with Gasteiger partial charge in [-0.2, -0.15) is 0 Å². The standard InChI is InChI=1S/C5H5BrS.CH2O2/c1-4-2-5(6)3-7-4;2-1-3/h2-3H,1H3;1H,(H,2,3). The molecule has 0 bridgehead atoms. The first-order valence-corrected chi connectivity index (χ1v) is 4.16. The lowest BCUT2D eigenvalue weighted by Crippen LogP contribution is -1.49. The largest absolute Gasteiger partial charge is 0.483 e. The number of hydrogen-bond acceptors (Lipinski definition) is 2. The van der Waals surface area contributed by atoms with Crippen LogP contribution in [0, 0.1) is 6.92 Å². The lowest BCUT2D eigenvalue weighted by molar-refractivity contribution is -0.122. The van der Waals surface area contributed by atoms with E-state index in [-0.39, 0.29) is 6.47 Å². The molecule has 0 unspecified atom stereocenters. The molecule has 2 nitrogen and oxygen atoms in total. The Labute approximate surface area is 71.6 Å². The highest BCUT2D eigenvalue weighted by atomic mass is 79.9. The number of hydrogen-bond donors (Lipinski definition) is 1. The number of aryl methyl sites for hydroxylation is 1. The first-order valence-electron chi connectivity index (χ1n) is 2.49. The Morgan fingerprint density at radius 2 is 2.30 bits per heavy atom. The molecule has 0 saturated carbocycles. The Morgan fingerprint density at radius 3 is 2.40 bits per heavy atom. The van der Waals surface area contributed by atoms with Gasteiger partial charge in [0.1, 0.15) is 0 Å². The van der Waals surface area contributed by atoms with Crippen LogP contribution in [0.1, 0.15) is 4.88 Å². The second kappa shape index (κ2) is 5.44. The number of thiophene rings is 1. The predicted molar refractivity (Wildman–Crippen MR) is 45.4 cm³/mol. The lowest BCUT2D eigenvalue weighted by atomic mass is 10.5. The Kier molecular flexibility index (Phi) is 5.25. The van der Waals surface area contributed by atoms with Gasteiger partial charge in [-0.25, -0.2) is 0 Å². The van der Waals surface area contributed by atoms with Gasteiger partial charge in [-0.05, 0) is 28.9 Å². The van der Waals surface area contributed by atoms with E-state index in [2.05, 4.69) is 34.3 Å². The summed E-state index contributed by atoms with van der Waals surface area (Å²) in [5.41, 5.74) is 0. The van der Waals surface area contributed by atoms with Gasteiger partial charge in [-0.1, -0.05) is 0 Å². The van der Waals surface area contributed by atoms with Crippen molar-refractivity contribution in [1.29, 1.82) is 0 Å². The van der Waals surface area contributed by atoms with Crippen LogP contribution in [-0.4, -0.2) is 11.6 Å². The normalized spacial score (nSPS) is 7.80. The molecule has 10 heavy (non-hydrogen) atoms. The third-order valence-electron chi connectivity index (χ3n) is 0.699. The van der Waals surface area contributed by atoms with Crippen molar-refractivity contribution in [3.05, 3.63) is 20.8 Å². The van der Waals surface area contributed by atoms with Gasteiger partial charge < -0.3 is 5.11 Å². The lowest BCUT2D eigenvalue weighted by Gasteiger charge is -1.68. The maximum Gasteiger partial charge on any atom is 0.290 e. The zero-order valence-corrected chi connectivity index (χ0v) is 7.78. The van der Waals surface area contributed by atoms with Crippen LogP contribution in [0.5, 0.6) is 0 Å². The third kappa shape index (κ3) is 4.52. The van der Waals surface area contributed by atoms with Crippen LogP contribution in [0.3, 0.4) is 0 Å². The molecule has 1 aromatic heterocycles. The summed E-state index contributed by atoms with van der Waals surface area (Å²) in [6, 6.07) is 2.10. The topological polar surface area (TPSA) is 37.3 Å². The third-order valence-corrected chi connectivity index (χ3v) is 2.32. The highest BCUT2D eigenvalue weighted by Crippen LogP contribution is 2.17. The van der Waals surface area contributed by atoms with Crippen LogP contribution in [-0.2, 0) is 4.79 Å². The SMILES string of the molecule is Cc1cc(Br)cs1.O=CO. The van der Waals surface area contributed by atoms with E-state index in [1.165, 1.54) is 9.35 Å². The minimum Gasteiger partial charge on any atom is -0.483 e. The Morgan fingerprint density at radius 1 is 1.80 bits per heavy atom. The van der Waals surface area contributed by atoms with E-state index in [0.29, 0.717) is 0 Å². The first-order chi connectivity index (χ1) is 4.70. The van der Waals surface area contributed by atoms with Crippen molar-refractivity contribution in [2.45, 2.75) is 6.92 Å². The van der Waals surface area contributed by atoms with Crippen LogP contribution in [0.4, 0.5) is 0 Å². The zero-order chi connectivity index (χ0) is 7.98. The minimum absolute atomic E-state index is 0.250. The molecule has 0 aliphatic carbocycles. The molecule has 1 rings (SSSR count). The van der Waals surface area contributed by atoms with E-state index in [1.807, 2.05) is 0 Å². The Balaban J connectivity index is 0.000000236. The van der Waals surface area contributed by atoms with Gasteiger partial charge in [0.25, 0.3) is 6.47 Å². The molecule has 0 radical (unpaired) electrons. The van der Waals surface area contributed by atoms with Gasteiger partial charge in [0, 0.05) is 14.7 Å². The molecular weight excluding hydrogens is 216 g/mol. The molecule has 0 aliphatic heterocycles. The van der Waals surface area contributed by atoms with Crippen LogP contribution < -0.4 is 0 Å². The highest BCUT2D eigenvalue weighted by molar-refractivity contribution is 9.10. The molecule has 1 aromatic rings. The maximum atomic E-state index is 8.36. The second-order valence-corrected chi connectivity index (χ2v) is 3.51. The van der Waals surface area contributed by atoms with Crippen LogP contribution >= 0.6 is 27.3 Å². The van der Waals surface area contributed by atoms with Crippen molar-refractivity contribution >= 4 is 33.7 Å². The van der Waals surface area contributed by atoms with E-state index in [1.54, 1.807) is 11.3 Å². The molecular formula is C6H7BrO2S. The number of rotatable bonds is 0. The number of carboxylic acid groups (broad SMARTS) is 1. The van der Waals surface area contributed by atoms with Gasteiger partial charge in [0.2, 0.25) is 0 Å². The average molecular weight is 223 g/mol. The monoisotopic (exact) mass is 222 g/mol. The number of carbonyl (C=O) groups is 1. The van der Waals surface area contributed by atoms with Gasteiger partial charge in [-0.15, -0.1) is 11.3 Å². The average Bonchev–Trinajstić information content (AvgIpc) is 2.17. The van der Waals surface area contributed by atoms with Gasteiger partial charge >= 0.3 is 0 Å². The summed E-state index contributed by atoms with van der Waals surface area (Å²) in [6.07, 6.45) is 0. The summed E-state index contributed by atoms with van der Waals surface area (Å²) in [5.74, 6) is 0. The van der Waals surface area contributed by atoms with Crippen molar-refractivity contribution in [3.63, 3.8) is 0 Å². The summed E-state index contributed by atoms with van der Waals surface area (Å²) in [4.78, 5) is 9.71. The smallest absolute Gasteiger partial charge is 0.290 e. The zero-order valence-electron chi connectivity index (χ0n) is 5.37. The molecule has 0 spiro atoms. The van der Waals surface area contributed by atoms with Crippen LogP contribution in [0.2, 0.25) is 0 Å². The molecule has 0 aliphatic rings. The van der Waals surface area contributed by atoms with E-state index < -0.39 is 0 Å². The van der Waals surface area contributed by atoms with Crippen LogP contribution in [0.15, 0.2) is 15.9 Å². The summed E-state index contributed by atoms with van der Waals surface area (Å²) in [5, 5.41) is 8.97. The molecule has 0 fully saturated rings. The van der Waals surface area contributed by atoms with Crippen molar-refractivity contribution in [2.75, 3.05) is 0 Å². The molecule has 1 N–H and O–H groups in total. The molecule has 4 heteroatoms. The van der Waals surface area contributed by atoms with E-state index >= 15 is 0 Å². The van der Waals surface area contributed by atoms with Crippen molar-refractivity contribution in [3.8, 4) is 0 Å². The van der Waals surface area contributed by atoms with Gasteiger partial charge in [-0.3, -0.25) is 4.79 Å². The fourth-order valence-electron chi connectivity index (χ4n) is 0.411. The van der Waals surface area contributed by atoms with Gasteiger partial charge in [0.15, 0.2) is 0 Å². The first kappa shape index (κ1) is 9.65. The Hall–Kier alpha value is -0.350. The highest BCUT2D eigenvalue weighted by Gasteiger charge is 1.86. The summed E-state index contributed by atoms with van der Waals surface area (Å²) < 4.78 is 1.19. The molecule has 0 atom stereocenters. The van der Waals surface area contributed by atoms with E-state index in [0.717, 1.165) is 0 Å². The van der Waals surface area contributed by atoms with E-state index in [4.69, 9.17) is 9.90 Å². The molecule has 0 amide bonds. The Bertz CT molecular complexity index is 181. The minimum atomic E-state index is -0.250. The van der Waals surface area contributed by atoms with Crippen LogP contribution in [0.25, 0.3) is 0 Å². The summed E-state index contributed by atoms with van der Waals surface area (Å²) in [6.45, 7) is 1.84. The fraction of sp³-hybridized carbons (Fsp3) is 0.167.